The predicted molar refractivity (Wildman–Crippen MR) is 179 cm³/mol. The molecule has 0 bridgehead atoms. The SMILES string of the molecule is CC1(C)c2ccccc2-c2ccc(-c3cccc(-c4ccc(-c5nc(-c6ccccc6)c6ccccc6n5)cc4)c3)cc21. The topological polar surface area (TPSA) is 25.8 Å². The standard InChI is InChI=1S/C41H30N2/c1-41(2)36-17-8-6-15-33(36)34-24-23-32(26-37(34)41)31-14-10-13-30(25-31)27-19-21-29(22-20-27)40-42-38-18-9-7-16-35(38)39(43-40)28-11-4-3-5-12-28/h3-26H,1-2H3. The highest BCUT2D eigenvalue weighted by atomic mass is 14.9. The number of para-hydroxylation sites is 1. The molecule has 0 fully saturated rings. The largest absolute Gasteiger partial charge is 0.228 e. The Hall–Kier alpha value is -5.34. The second-order valence-corrected chi connectivity index (χ2v) is 11.9. The lowest BCUT2D eigenvalue weighted by atomic mass is 9.81. The number of nitrogens with zero attached hydrogens (tertiary/aromatic N) is 2. The van der Waals surface area contributed by atoms with E-state index in [1.807, 2.05) is 18.2 Å². The minimum Gasteiger partial charge on any atom is -0.228 e. The summed E-state index contributed by atoms with van der Waals surface area (Å²) in [6, 6.07) is 51.8. The molecular formula is C41H30N2. The van der Waals surface area contributed by atoms with E-state index in [4.69, 9.17) is 9.97 Å². The van der Waals surface area contributed by atoms with Crippen molar-refractivity contribution in [2.24, 2.45) is 0 Å². The first-order valence-electron chi connectivity index (χ1n) is 14.8. The highest BCUT2D eigenvalue weighted by molar-refractivity contribution is 5.93. The van der Waals surface area contributed by atoms with Crippen molar-refractivity contribution in [3.05, 3.63) is 157 Å². The lowest BCUT2D eigenvalue weighted by Gasteiger charge is -2.22. The maximum absolute atomic E-state index is 5.04. The van der Waals surface area contributed by atoms with Gasteiger partial charge in [0.15, 0.2) is 5.82 Å². The van der Waals surface area contributed by atoms with Gasteiger partial charge in [0.05, 0.1) is 11.2 Å². The molecule has 0 saturated carbocycles. The van der Waals surface area contributed by atoms with E-state index in [1.54, 1.807) is 0 Å². The van der Waals surface area contributed by atoms with Gasteiger partial charge in [0, 0.05) is 21.9 Å². The molecule has 6 aromatic carbocycles. The van der Waals surface area contributed by atoms with E-state index < -0.39 is 0 Å². The van der Waals surface area contributed by atoms with Gasteiger partial charge in [0.2, 0.25) is 0 Å². The molecule has 2 heteroatoms. The number of rotatable bonds is 4. The molecule has 0 N–H and O–H groups in total. The van der Waals surface area contributed by atoms with Crippen LogP contribution in [0.15, 0.2) is 146 Å². The van der Waals surface area contributed by atoms with Gasteiger partial charge < -0.3 is 0 Å². The molecule has 0 amide bonds. The molecule has 43 heavy (non-hydrogen) atoms. The van der Waals surface area contributed by atoms with E-state index in [0.29, 0.717) is 0 Å². The van der Waals surface area contributed by atoms with Gasteiger partial charge in [0.1, 0.15) is 0 Å². The van der Waals surface area contributed by atoms with E-state index >= 15 is 0 Å². The van der Waals surface area contributed by atoms with E-state index in [-0.39, 0.29) is 5.41 Å². The molecule has 1 heterocycles. The molecule has 0 unspecified atom stereocenters. The zero-order chi connectivity index (χ0) is 29.0. The maximum Gasteiger partial charge on any atom is 0.160 e. The van der Waals surface area contributed by atoms with Gasteiger partial charge in [-0.2, -0.15) is 0 Å². The lowest BCUT2D eigenvalue weighted by Crippen LogP contribution is -2.14. The van der Waals surface area contributed by atoms with Crippen molar-refractivity contribution in [3.63, 3.8) is 0 Å². The van der Waals surface area contributed by atoms with Crippen LogP contribution in [0.2, 0.25) is 0 Å². The Morgan fingerprint density at radius 2 is 1.02 bits per heavy atom. The van der Waals surface area contributed by atoms with Crippen molar-refractivity contribution in [2.75, 3.05) is 0 Å². The van der Waals surface area contributed by atoms with Crippen LogP contribution in [0, 0.1) is 0 Å². The minimum atomic E-state index is -0.0133. The third kappa shape index (κ3) is 4.26. The Morgan fingerprint density at radius 3 is 1.86 bits per heavy atom. The molecule has 0 spiro atoms. The summed E-state index contributed by atoms with van der Waals surface area (Å²) in [7, 11) is 0. The quantitative estimate of drug-likeness (QED) is 0.218. The Labute approximate surface area is 252 Å². The summed E-state index contributed by atoms with van der Waals surface area (Å²) >= 11 is 0. The van der Waals surface area contributed by atoms with Crippen molar-refractivity contribution in [1.82, 2.24) is 9.97 Å². The van der Waals surface area contributed by atoms with Crippen LogP contribution in [0.25, 0.3) is 66.9 Å². The fourth-order valence-electron chi connectivity index (χ4n) is 6.60. The predicted octanol–water partition coefficient (Wildman–Crippen LogP) is 10.6. The molecule has 0 saturated heterocycles. The molecule has 1 aliphatic rings. The molecule has 0 radical (unpaired) electrons. The lowest BCUT2D eigenvalue weighted by molar-refractivity contribution is 0.660. The number of benzene rings is 6. The average molecular weight is 551 g/mol. The van der Waals surface area contributed by atoms with Crippen LogP contribution in [0.3, 0.4) is 0 Å². The van der Waals surface area contributed by atoms with E-state index in [2.05, 4.69) is 141 Å². The van der Waals surface area contributed by atoms with E-state index in [0.717, 1.165) is 33.5 Å². The molecule has 1 aromatic heterocycles. The van der Waals surface area contributed by atoms with Gasteiger partial charge in [0.25, 0.3) is 0 Å². The van der Waals surface area contributed by atoms with Crippen LogP contribution in [0.4, 0.5) is 0 Å². The first-order valence-corrected chi connectivity index (χ1v) is 14.8. The second-order valence-electron chi connectivity index (χ2n) is 11.9. The van der Waals surface area contributed by atoms with E-state index in [9.17, 15) is 0 Å². The van der Waals surface area contributed by atoms with Crippen LogP contribution in [-0.2, 0) is 5.41 Å². The van der Waals surface area contributed by atoms with Gasteiger partial charge in [-0.1, -0.05) is 141 Å². The van der Waals surface area contributed by atoms with Crippen LogP contribution < -0.4 is 0 Å². The van der Waals surface area contributed by atoms with Crippen molar-refractivity contribution in [2.45, 2.75) is 19.3 Å². The third-order valence-corrected chi connectivity index (χ3v) is 8.91. The van der Waals surface area contributed by atoms with Gasteiger partial charge in [-0.05, 0) is 62.7 Å². The zero-order valence-electron chi connectivity index (χ0n) is 24.3. The summed E-state index contributed by atoms with van der Waals surface area (Å²) in [5, 5.41) is 1.06. The minimum absolute atomic E-state index is 0.0133. The van der Waals surface area contributed by atoms with Crippen LogP contribution >= 0.6 is 0 Å². The van der Waals surface area contributed by atoms with Gasteiger partial charge in [-0.25, -0.2) is 9.97 Å². The average Bonchev–Trinajstić information content (AvgIpc) is 3.30. The van der Waals surface area contributed by atoms with Crippen LogP contribution in [0.5, 0.6) is 0 Å². The van der Waals surface area contributed by atoms with Gasteiger partial charge >= 0.3 is 0 Å². The van der Waals surface area contributed by atoms with Crippen molar-refractivity contribution in [3.8, 4) is 56.0 Å². The summed E-state index contributed by atoms with van der Waals surface area (Å²) in [4.78, 5) is 9.97. The Morgan fingerprint density at radius 1 is 0.419 bits per heavy atom. The molecule has 8 rings (SSSR count). The van der Waals surface area contributed by atoms with Crippen LogP contribution in [0.1, 0.15) is 25.0 Å². The normalized spacial score (nSPS) is 13.1. The first kappa shape index (κ1) is 25.4. The molecule has 1 aliphatic carbocycles. The first-order chi connectivity index (χ1) is 21.1. The molecular weight excluding hydrogens is 520 g/mol. The third-order valence-electron chi connectivity index (χ3n) is 8.91. The fourth-order valence-corrected chi connectivity index (χ4v) is 6.60. The van der Waals surface area contributed by atoms with Gasteiger partial charge in [-0.15, -0.1) is 0 Å². The summed E-state index contributed by atoms with van der Waals surface area (Å²) in [6.07, 6.45) is 0. The van der Waals surface area contributed by atoms with Crippen molar-refractivity contribution >= 4 is 10.9 Å². The number of hydrogen-bond acceptors (Lipinski definition) is 2. The molecule has 0 atom stereocenters. The summed E-state index contributed by atoms with van der Waals surface area (Å²) in [5.74, 6) is 0.736. The summed E-state index contributed by atoms with van der Waals surface area (Å²) in [6.45, 7) is 4.67. The van der Waals surface area contributed by atoms with E-state index in [1.165, 1.54) is 44.5 Å². The molecule has 2 nitrogen and oxygen atoms in total. The Kier molecular flexibility index (Phi) is 5.84. The molecule has 204 valence electrons. The van der Waals surface area contributed by atoms with Crippen LogP contribution in [-0.4, -0.2) is 9.97 Å². The smallest absolute Gasteiger partial charge is 0.160 e. The Bertz CT molecular complexity index is 2140. The number of hydrogen-bond donors (Lipinski definition) is 0. The molecule has 7 aromatic rings. The van der Waals surface area contributed by atoms with Gasteiger partial charge in [-0.3, -0.25) is 0 Å². The molecule has 0 aliphatic heterocycles. The number of aromatic nitrogens is 2. The number of fused-ring (bicyclic) bond motifs is 4. The fraction of sp³-hybridized carbons (Fsp3) is 0.0732. The highest BCUT2D eigenvalue weighted by Gasteiger charge is 2.35. The van der Waals surface area contributed by atoms with Crippen molar-refractivity contribution in [1.29, 1.82) is 0 Å². The maximum atomic E-state index is 5.04. The highest BCUT2D eigenvalue weighted by Crippen LogP contribution is 2.49. The summed E-state index contributed by atoms with van der Waals surface area (Å²) in [5.41, 5.74) is 14.3. The summed E-state index contributed by atoms with van der Waals surface area (Å²) < 4.78 is 0. The van der Waals surface area contributed by atoms with Crippen molar-refractivity contribution < 1.29 is 0 Å². The second kappa shape index (κ2) is 9.89. The Balaban J connectivity index is 1.14. The zero-order valence-corrected chi connectivity index (χ0v) is 24.3. The monoisotopic (exact) mass is 550 g/mol.